The second-order valence-corrected chi connectivity index (χ2v) is 4.78. The van der Waals surface area contributed by atoms with Crippen molar-refractivity contribution in [3.8, 4) is 0 Å². The van der Waals surface area contributed by atoms with Gasteiger partial charge in [-0.3, -0.25) is 0 Å². The minimum atomic E-state index is -0.725. The summed E-state index contributed by atoms with van der Waals surface area (Å²) < 4.78 is 4.65. The lowest BCUT2D eigenvalue weighted by molar-refractivity contribution is -0.154. The van der Waals surface area contributed by atoms with Gasteiger partial charge in [0, 0.05) is 10.6 Å². The molecule has 1 aromatic carbocycles. The molecule has 0 aromatic heterocycles. The molecule has 0 fully saturated rings. The molecule has 0 saturated heterocycles. The van der Waals surface area contributed by atoms with E-state index < -0.39 is 12.1 Å². The number of ether oxygens (including phenoxy) is 1. The first kappa shape index (κ1) is 13.2. The monoisotopic (exact) mass is 287 g/mol. The first-order valence-electron chi connectivity index (χ1n) is 5.31. The van der Waals surface area contributed by atoms with E-state index in [0.717, 1.165) is 0 Å². The third kappa shape index (κ3) is 2.31. The number of rotatable bonds is 2. The molecule has 1 aliphatic rings. The van der Waals surface area contributed by atoms with Gasteiger partial charge >= 0.3 is 5.97 Å². The van der Waals surface area contributed by atoms with Crippen LogP contribution >= 0.6 is 23.2 Å². The molecular weight excluding hydrogens is 277 g/mol. The highest BCUT2D eigenvalue weighted by Gasteiger charge is 2.38. The molecule has 0 bridgehead atoms. The van der Waals surface area contributed by atoms with Crippen molar-refractivity contribution in [3.63, 3.8) is 0 Å². The standard InChI is InChI=1S/C12H11Cl2NO3/c1-6-10(15-18-11(6)12(16)17-2)8-4-3-7(13)5-9(8)14/h3-6,11H,1-2H3/t6-,11-/m1/s1. The topological polar surface area (TPSA) is 47.9 Å². The second-order valence-electron chi connectivity index (χ2n) is 3.94. The van der Waals surface area contributed by atoms with Crippen LogP contribution in [0.4, 0.5) is 0 Å². The van der Waals surface area contributed by atoms with Gasteiger partial charge in [0.15, 0.2) is 0 Å². The number of benzene rings is 1. The van der Waals surface area contributed by atoms with Crippen LogP contribution in [0.5, 0.6) is 0 Å². The lowest BCUT2D eigenvalue weighted by Crippen LogP contribution is -2.30. The van der Waals surface area contributed by atoms with E-state index in [4.69, 9.17) is 28.0 Å². The zero-order chi connectivity index (χ0) is 13.3. The normalized spacial score (nSPS) is 22.3. The molecule has 0 aliphatic carbocycles. The quantitative estimate of drug-likeness (QED) is 0.786. The third-order valence-electron chi connectivity index (χ3n) is 2.79. The van der Waals surface area contributed by atoms with Crippen molar-refractivity contribution in [1.82, 2.24) is 0 Å². The fraction of sp³-hybridized carbons (Fsp3) is 0.333. The van der Waals surface area contributed by atoms with Gasteiger partial charge < -0.3 is 9.57 Å². The Morgan fingerprint density at radius 1 is 1.44 bits per heavy atom. The first-order valence-corrected chi connectivity index (χ1v) is 6.07. The van der Waals surface area contributed by atoms with E-state index in [0.29, 0.717) is 21.3 Å². The number of nitrogens with zero attached hydrogens (tertiary/aromatic N) is 1. The smallest absolute Gasteiger partial charge is 0.350 e. The maximum atomic E-state index is 11.5. The molecule has 6 heteroatoms. The van der Waals surface area contributed by atoms with Gasteiger partial charge in [-0.1, -0.05) is 41.3 Å². The van der Waals surface area contributed by atoms with Gasteiger partial charge in [-0.25, -0.2) is 4.79 Å². The van der Waals surface area contributed by atoms with Gasteiger partial charge in [-0.05, 0) is 12.1 Å². The maximum absolute atomic E-state index is 11.5. The molecule has 0 radical (unpaired) electrons. The zero-order valence-corrected chi connectivity index (χ0v) is 11.3. The van der Waals surface area contributed by atoms with Crippen molar-refractivity contribution in [2.45, 2.75) is 13.0 Å². The SMILES string of the molecule is COC(=O)[C@@H]1ON=C(c2ccc(Cl)cc2Cl)[C@H]1C. The Labute approximate surface area is 114 Å². The highest BCUT2D eigenvalue weighted by molar-refractivity contribution is 6.37. The minimum absolute atomic E-state index is 0.226. The average molecular weight is 288 g/mol. The molecule has 18 heavy (non-hydrogen) atoms. The molecule has 96 valence electrons. The Balaban J connectivity index is 2.28. The Morgan fingerprint density at radius 3 is 2.78 bits per heavy atom. The summed E-state index contributed by atoms with van der Waals surface area (Å²) in [4.78, 5) is 16.6. The van der Waals surface area contributed by atoms with Crippen LogP contribution in [0.3, 0.4) is 0 Å². The average Bonchev–Trinajstić information content (AvgIpc) is 2.70. The Kier molecular flexibility index (Phi) is 3.78. The van der Waals surface area contributed by atoms with Crippen molar-refractivity contribution in [1.29, 1.82) is 0 Å². The summed E-state index contributed by atoms with van der Waals surface area (Å²) >= 11 is 11.9. The minimum Gasteiger partial charge on any atom is -0.466 e. The molecule has 0 N–H and O–H groups in total. The molecule has 1 aromatic rings. The molecule has 4 nitrogen and oxygen atoms in total. The number of halogens is 2. The Bertz CT molecular complexity index is 516. The number of hydrogen-bond acceptors (Lipinski definition) is 4. The van der Waals surface area contributed by atoms with Crippen LogP contribution in [0.1, 0.15) is 12.5 Å². The molecule has 0 amide bonds. The second kappa shape index (κ2) is 5.16. The van der Waals surface area contributed by atoms with Gasteiger partial charge in [0.25, 0.3) is 0 Å². The van der Waals surface area contributed by atoms with Crippen molar-refractivity contribution in [3.05, 3.63) is 33.8 Å². The number of carbonyl (C=O) groups is 1. The molecule has 0 saturated carbocycles. The lowest BCUT2D eigenvalue weighted by Gasteiger charge is -2.12. The molecule has 0 unspecified atom stereocenters. The van der Waals surface area contributed by atoms with Crippen LogP contribution in [0.25, 0.3) is 0 Å². The van der Waals surface area contributed by atoms with Crippen LogP contribution in [0.2, 0.25) is 10.0 Å². The summed E-state index contributed by atoms with van der Waals surface area (Å²) in [5.41, 5.74) is 1.33. The van der Waals surface area contributed by atoms with E-state index >= 15 is 0 Å². The highest BCUT2D eigenvalue weighted by atomic mass is 35.5. The van der Waals surface area contributed by atoms with Crippen LogP contribution in [-0.2, 0) is 14.4 Å². The molecule has 2 rings (SSSR count). The van der Waals surface area contributed by atoms with Crippen LogP contribution < -0.4 is 0 Å². The van der Waals surface area contributed by atoms with E-state index in [1.807, 2.05) is 6.92 Å². The van der Waals surface area contributed by atoms with E-state index in [9.17, 15) is 4.79 Å². The predicted molar refractivity (Wildman–Crippen MR) is 69.1 cm³/mol. The highest BCUT2D eigenvalue weighted by Crippen LogP contribution is 2.29. The summed E-state index contributed by atoms with van der Waals surface area (Å²) in [5, 5.41) is 4.93. The van der Waals surface area contributed by atoms with E-state index in [1.54, 1.807) is 18.2 Å². The summed E-state index contributed by atoms with van der Waals surface area (Å²) in [7, 11) is 1.31. The van der Waals surface area contributed by atoms with Gasteiger partial charge in [-0.15, -0.1) is 0 Å². The van der Waals surface area contributed by atoms with Crippen molar-refractivity contribution in [2.24, 2.45) is 11.1 Å². The number of esters is 1. The molecule has 1 heterocycles. The fourth-order valence-corrected chi connectivity index (χ4v) is 2.29. The number of hydrogen-bond donors (Lipinski definition) is 0. The molecule has 2 atom stereocenters. The number of oxime groups is 1. The number of methoxy groups -OCH3 is 1. The van der Waals surface area contributed by atoms with Gasteiger partial charge in [-0.2, -0.15) is 0 Å². The molecular formula is C12H11Cl2NO3. The first-order chi connectivity index (χ1) is 8.54. The van der Waals surface area contributed by atoms with Gasteiger partial charge in [0.1, 0.15) is 0 Å². The van der Waals surface area contributed by atoms with Crippen molar-refractivity contribution < 1.29 is 14.4 Å². The summed E-state index contributed by atoms with van der Waals surface area (Å²) in [6.45, 7) is 1.83. The van der Waals surface area contributed by atoms with Gasteiger partial charge in [0.2, 0.25) is 6.10 Å². The number of carbonyl (C=O) groups excluding carboxylic acids is 1. The van der Waals surface area contributed by atoms with Crippen molar-refractivity contribution >= 4 is 34.9 Å². The molecule has 0 spiro atoms. The fourth-order valence-electron chi connectivity index (χ4n) is 1.79. The largest absolute Gasteiger partial charge is 0.466 e. The summed E-state index contributed by atoms with van der Waals surface area (Å²) in [6.07, 6.45) is -0.725. The van der Waals surface area contributed by atoms with Crippen LogP contribution in [0.15, 0.2) is 23.4 Å². The van der Waals surface area contributed by atoms with E-state index in [-0.39, 0.29) is 5.92 Å². The Hall–Kier alpha value is -1.26. The van der Waals surface area contributed by atoms with Crippen molar-refractivity contribution in [2.75, 3.05) is 7.11 Å². The molecule has 1 aliphatic heterocycles. The van der Waals surface area contributed by atoms with Crippen LogP contribution in [-0.4, -0.2) is 24.9 Å². The summed E-state index contributed by atoms with van der Waals surface area (Å²) in [6, 6.07) is 5.09. The predicted octanol–water partition coefficient (Wildman–Crippen LogP) is 2.91. The van der Waals surface area contributed by atoms with Gasteiger partial charge in [0.05, 0.1) is 23.8 Å². The van der Waals surface area contributed by atoms with Crippen LogP contribution in [0, 0.1) is 5.92 Å². The lowest BCUT2D eigenvalue weighted by atomic mass is 9.94. The third-order valence-corrected chi connectivity index (χ3v) is 3.34. The zero-order valence-electron chi connectivity index (χ0n) is 9.81. The van der Waals surface area contributed by atoms with E-state index in [2.05, 4.69) is 9.89 Å². The summed E-state index contributed by atoms with van der Waals surface area (Å²) in [5.74, 6) is -0.678. The van der Waals surface area contributed by atoms with E-state index in [1.165, 1.54) is 7.11 Å². The Morgan fingerprint density at radius 2 is 2.17 bits per heavy atom. The maximum Gasteiger partial charge on any atom is 0.350 e.